The summed E-state index contributed by atoms with van der Waals surface area (Å²) in [5.74, 6) is -2.95. The van der Waals surface area contributed by atoms with Crippen LogP contribution in [0.3, 0.4) is 0 Å². The summed E-state index contributed by atoms with van der Waals surface area (Å²) in [7, 11) is 1.34. The number of alkyl halides is 3. The van der Waals surface area contributed by atoms with Gasteiger partial charge < -0.3 is 15.6 Å². The molecule has 0 saturated heterocycles. The molecule has 1 unspecified atom stereocenters. The standard InChI is InChI=1S/C6H13NO2.C2HF3O2/c1-4(2)5(7)6(8)9-3;3-2(4,5)1(6)7/h4-5H,7H2,1-3H3;(H,6,7). The van der Waals surface area contributed by atoms with E-state index >= 15 is 0 Å². The Labute approximate surface area is 90.4 Å². The zero-order chi connectivity index (χ0) is 13.5. The smallest absolute Gasteiger partial charge is 0.475 e. The van der Waals surface area contributed by atoms with Gasteiger partial charge in [-0.1, -0.05) is 13.8 Å². The van der Waals surface area contributed by atoms with Crippen molar-refractivity contribution in [2.75, 3.05) is 7.11 Å². The van der Waals surface area contributed by atoms with Crippen LogP contribution >= 0.6 is 0 Å². The van der Waals surface area contributed by atoms with Crippen LogP contribution in [0.4, 0.5) is 13.2 Å². The van der Waals surface area contributed by atoms with Gasteiger partial charge in [0.05, 0.1) is 7.11 Å². The van der Waals surface area contributed by atoms with Crippen LogP contribution in [0.15, 0.2) is 0 Å². The Balaban J connectivity index is 0. The highest BCUT2D eigenvalue weighted by Gasteiger charge is 2.38. The number of nitrogens with two attached hydrogens (primary N) is 1. The molecular weight excluding hydrogens is 231 g/mol. The van der Waals surface area contributed by atoms with E-state index in [1.165, 1.54) is 7.11 Å². The van der Waals surface area contributed by atoms with Crippen molar-refractivity contribution in [3.05, 3.63) is 0 Å². The van der Waals surface area contributed by atoms with Crippen molar-refractivity contribution >= 4 is 11.9 Å². The highest BCUT2D eigenvalue weighted by molar-refractivity contribution is 5.75. The first-order valence-corrected chi connectivity index (χ1v) is 4.17. The maximum atomic E-state index is 10.6. The molecule has 0 bridgehead atoms. The molecule has 3 N–H and O–H groups in total. The van der Waals surface area contributed by atoms with Gasteiger partial charge in [-0.15, -0.1) is 0 Å². The molecule has 1 atom stereocenters. The molecule has 16 heavy (non-hydrogen) atoms. The predicted octanol–water partition coefficient (Wildman–Crippen LogP) is 0.776. The number of rotatable bonds is 2. The number of ether oxygens (including phenoxy) is 1. The number of esters is 1. The fourth-order valence-electron chi connectivity index (χ4n) is 0.408. The minimum absolute atomic E-state index is 0.150. The summed E-state index contributed by atoms with van der Waals surface area (Å²) < 4.78 is 36.1. The van der Waals surface area contributed by atoms with Crippen LogP contribution in [0, 0.1) is 5.92 Å². The van der Waals surface area contributed by atoms with Crippen LogP contribution in [-0.4, -0.2) is 36.4 Å². The maximum Gasteiger partial charge on any atom is 0.490 e. The van der Waals surface area contributed by atoms with E-state index in [1.54, 1.807) is 0 Å². The molecule has 0 heterocycles. The van der Waals surface area contributed by atoms with Crippen LogP contribution in [0.25, 0.3) is 0 Å². The number of carboxylic acids is 1. The number of carboxylic acid groups (broad SMARTS) is 1. The van der Waals surface area contributed by atoms with Crippen molar-refractivity contribution in [3.8, 4) is 0 Å². The van der Waals surface area contributed by atoms with E-state index in [0.717, 1.165) is 0 Å². The number of carbonyl (C=O) groups is 2. The van der Waals surface area contributed by atoms with E-state index < -0.39 is 18.2 Å². The molecule has 0 aromatic carbocycles. The largest absolute Gasteiger partial charge is 0.490 e. The molecule has 0 aliphatic rings. The molecule has 0 amide bonds. The van der Waals surface area contributed by atoms with Gasteiger partial charge in [0.15, 0.2) is 0 Å². The van der Waals surface area contributed by atoms with Gasteiger partial charge in [-0.3, -0.25) is 4.79 Å². The molecular formula is C8H14F3NO4. The van der Waals surface area contributed by atoms with Gasteiger partial charge in [0.1, 0.15) is 6.04 Å². The van der Waals surface area contributed by atoms with Crippen LogP contribution in [0.1, 0.15) is 13.8 Å². The fourth-order valence-corrected chi connectivity index (χ4v) is 0.408. The second-order valence-electron chi connectivity index (χ2n) is 3.10. The molecule has 0 aromatic heterocycles. The van der Waals surface area contributed by atoms with E-state index in [1.807, 2.05) is 13.8 Å². The van der Waals surface area contributed by atoms with Gasteiger partial charge in [-0.2, -0.15) is 13.2 Å². The molecule has 0 saturated carbocycles. The van der Waals surface area contributed by atoms with E-state index in [-0.39, 0.29) is 11.9 Å². The highest BCUT2D eigenvalue weighted by Crippen LogP contribution is 2.13. The summed E-state index contributed by atoms with van der Waals surface area (Å²) in [4.78, 5) is 19.5. The second kappa shape index (κ2) is 7.04. The van der Waals surface area contributed by atoms with Crippen molar-refractivity contribution < 1.29 is 32.6 Å². The lowest BCUT2D eigenvalue weighted by Crippen LogP contribution is -2.36. The average Bonchev–Trinajstić information content (AvgIpc) is 2.14. The van der Waals surface area contributed by atoms with Gasteiger partial charge in [0.25, 0.3) is 0 Å². The molecule has 0 aromatic rings. The van der Waals surface area contributed by atoms with Gasteiger partial charge in [-0.25, -0.2) is 4.79 Å². The Morgan fingerprint density at radius 3 is 1.69 bits per heavy atom. The number of methoxy groups -OCH3 is 1. The lowest BCUT2D eigenvalue weighted by molar-refractivity contribution is -0.192. The molecule has 5 nitrogen and oxygen atoms in total. The Morgan fingerprint density at radius 1 is 1.31 bits per heavy atom. The molecule has 0 fully saturated rings. The van der Waals surface area contributed by atoms with Gasteiger partial charge in [0.2, 0.25) is 0 Å². The minimum atomic E-state index is -5.08. The first kappa shape index (κ1) is 17.1. The molecule has 0 radical (unpaired) electrons. The van der Waals surface area contributed by atoms with Crippen molar-refractivity contribution in [2.45, 2.75) is 26.1 Å². The third kappa shape index (κ3) is 8.04. The lowest BCUT2D eigenvalue weighted by Gasteiger charge is -2.11. The first-order valence-electron chi connectivity index (χ1n) is 4.17. The van der Waals surface area contributed by atoms with Crippen molar-refractivity contribution in [3.63, 3.8) is 0 Å². The van der Waals surface area contributed by atoms with Crippen LogP contribution in [-0.2, 0) is 14.3 Å². The minimum Gasteiger partial charge on any atom is -0.475 e. The van der Waals surface area contributed by atoms with Gasteiger partial charge >= 0.3 is 18.1 Å². The molecule has 0 aliphatic heterocycles. The summed E-state index contributed by atoms with van der Waals surface area (Å²) in [5.41, 5.74) is 5.40. The Morgan fingerprint density at radius 2 is 1.62 bits per heavy atom. The number of halogens is 3. The third-order valence-electron chi connectivity index (χ3n) is 1.43. The summed E-state index contributed by atoms with van der Waals surface area (Å²) in [6.45, 7) is 3.75. The zero-order valence-corrected chi connectivity index (χ0v) is 9.04. The average molecular weight is 245 g/mol. The molecule has 0 aliphatic carbocycles. The van der Waals surface area contributed by atoms with Crippen molar-refractivity contribution in [1.29, 1.82) is 0 Å². The van der Waals surface area contributed by atoms with E-state index in [2.05, 4.69) is 4.74 Å². The molecule has 96 valence electrons. The number of hydrogen-bond donors (Lipinski definition) is 2. The normalized spacial score (nSPS) is 12.5. The Kier molecular flexibility index (Phi) is 7.53. The molecule has 0 rings (SSSR count). The topological polar surface area (TPSA) is 89.6 Å². The zero-order valence-electron chi connectivity index (χ0n) is 9.04. The van der Waals surface area contributed by atoms with Crippen molar-refractivity contribution in [2.24, 2.45) is 11.7 Å². The van der Waals surface area contributed by atoms with Gasteiger partial charge in [-0.05, 0) is 5.92 Å². The summed E-state index contributed by atoms with van der Waals surface area (Å²) >= 11 is 0. The van der Waals surface area contributed by atoms with Gasteiger partial charge in [0, 0.05) is 0 Å². The quantitative estimate of drug-likeness (QED) is 0.701. The number of hydrogen-bond acceptors (Lipinski definition) is 4. The first-order chi connectivity index (χ1) is 7.03. The number of carbonyl (C=O) groups excluding carboxylic acids is 1. The summed E-state index contributed by atoms with van der Waals surface area (Å²) in [6.07, 6.45) is -5.08. The monoisotopic (exact) mass is 245 g/mol. The van der Waals surface area contributed by atoms with E-state index in [4.69, 9.17) is 15.6 Å². The summed E-state index contributed by atoms with van der Waals surface area (Å²) in [5, 5.41) is 7.12. The van der Waals surface area contributed by atoms with E-state index in [0.29, 0.717) is 0 Å². The maximum absolute atomic E-state index is 10.6. The third-order valence-corrected chi connectivity index (χ3v) is 1.43. The van der Waals surface area contributed by atoms with Crippen molar-refractivity contribution in [1.82, 2.24) is 0 Å². The Bertz CT molecular complexity index is 240. The van der Waals surface area contributed by atoms with E-state index in [9.17, 15) is 18.0 Å². The molecule has 8 heteroatoms. The number of aliphatic carboxylic acids is 1. The fraction of sp³-hybridized carbons (Fsp3) is 0.750. The highest BCUT2D eigenvalue weighted by atomic mass is 19.4. The lowest BCUT2D eigenvalue weighted by atomic mass is 10.1. The predicted molar refractivity (Wildman–Crippen MR) is 48.5 cm³/mol. The molecule has 0 spiro atoms. The summed E-state index contributed by atoms with van der Waals surface area (Å²) in [6, 6.07) is -0.477. The van der Waals surface area contributed by atoms with Crippen LogP contribution in [0.2, 0.25) is 0 Å². The van der Waals surface area contributed by atoms with Crippen LogP contribution < -0.4 is 5.73 Å². The second-order valence-corrected chi connectivity index (χ2v) is 3.10. The Hall–Kier alpha value is -1.31. The SMILES string of the molecule is COC(=O)C(N)C(C)C.O=C(O)C(F)(F)F. The van der Waals surface area contributed by atoms with Crippen LogP contribution in [0.5, 0.6) is 0 Å².